The molecule has 0 saturated carbocycles. The van der Waals surface area contributed by atoms with Crippen molar-refractivity contribution in [3.8, 4) is 0 Å². The molecule has 0 fully saturated rings. The zero-order valence-electron chi connectivity index (χ0n) is 12.9. The lowest BCUT2D eigenvalue weighted by molar-refractivity contribution is -0.113. The smallest absolute Gasteiger partial charge is 0.234 e. The summed E-state index contributed by atoms with van der Waals surface area (Å²) < 4.78 is 1.93. The van der Waals surface area contributed by atoms with E-state index in [4.69, 9.17) is 0 Å². The monoisotopic (exact) mass is 316 g/mol. The summed E-state index contributed by atoms with van der Waals surface area (Å²) in [5.74, 6) is 1.06. The average Bonchev–Trinajstić information content (AvgIpc) is 2.86. The maximum absolute atomic E-state index is 12.1. The predicted octanol–water partition coefficient (Wildman–Crippen LogP) is 3.07. The van der Waals surface area contributed by atoms with Gasteiger partial charge in [0.05, 0.1) is 5.75 Å². The molecule has 6 heteroatoms. The number of thioether (sulfide) groups is 1. The summed E-state index contributed by atoms with van der Waals surface area (Å²) in [6.07, 6.45) is 2.74. The molecule has 22 heavy (non-hydrogen) atoms. The summed E-state index contributed by atoms with van der Waals surface area (Å²) in [7, 11) is 0. The van der Waals surface area contributed by atoms with E-state index in [-0.39, 0.29) is 5.91 Å². The van der Waals surface area contributed by atoms with Crippen LogP contribution in [0.3, 0.4) is 0 Å². The first-order valence-electron chi connectivity index (χ1n) is 7.16. The third-order valence-corrected chi connectivity index (χ3v) is 4.13. The Bertz CT molecular complexity index is 666. The number of rotatable bonds is 7. The van der Waals surface area contributed by atoms with Gasteiger partial charge in [0.25, 0.3) is 0 Å². The fourth-order valence-corrected chi connectivity index (χ4v) is 2.80. The molecule has 0 bridgehead atoms. The first kappa shape index (κ1) is 16.3. The Hall–Kier alpha value is -2.08. The van der Waals surface area contributed by atoms with Crippen LogP contribution in [0, 0.1) is 6.92 Å². The van der Waals surface area contributed by atoms with Crippen molar-refractivity contribution in [1.82, 2.24) is 14.8 Å². The second-order valence-electron chi connectivity index (χ2n) is 4.82. The number of benzene rings is 1. The van der Waals surface area contributed by atoms with Crippen molar-refractivity contribution in [2.24, 2.45) is 0 Å². The summed E-state index contributed by atoms with van der Waals surface area (Å²) in [5.41, 5.74) is 2.03. The molecule has 0 radical (unpaired) electrons. The molecule has 0 aliphatic heterocycles. The van der Waals surface area contributed by atoms with Crippen molar-refractivity contribution < 1.29 is 4.79 Å². The highest BCUT2D eigenvalue weighted by atomic mass is 32.2. The Labute approximate surface area is 134 Å². The second-order valence-corrected chi connectivity index (χ2v) is 5.76. The lowest BCUT2D eigenvalue weighted by atomic mass is 10.1. The Morgan fingerprint density at radius 1 is 1.45 bits per heavy atom. The van der Waals surface area contributed by atoms with Gasteiger partial charge < -0.3 is 9.88 Å². The van der Waals surface area contributed by atoms with E-state index in [9.17, 15) is 4.79 Å². The van der Waals surface area contributed by atoms with Crippen LogP contribution in [0.2, 0.25) is 0 Å². The molecule has 0 unspecified atom stereocenters. The van der Waals surface area contributed by atoms with E-state index in [0.29, 0.717) is 12.3 Å². The normalized spacial score (nSPS) is 10.5. The minimum absolute atomic E-state index is 0.0518. The first-order chi connectivity index (χ1) is 10.6. The molecule has 1 heterocycles. The van der Waals surface area contributed by atoms with Gasteiger partial charge in [-0.15, -0.1) is 16.8 Å². The quantitative estimate of drug-likeness (QED) is 0.630. The van der Waals surface area contributed by atoms with E-state index in [1.54, 1.807) is 6.08 Å². The molecular formula is C16H20N4OS. The lowest BCUT2D eigenvalue weighted by Crippen LogP contribution is -2.14. The van der Waals surface area contributed by atoms with Gasteiger partial charge >= 0.3 is 0 Å². The maximum atomic E-state index is 12.1. The number of allylic oxidation sites excluding steroid dienone is 1. The highest BCUT2D eigenvalue weighted by molar-refractivity contribution is 7.99. The summed E-state index contributed by atoms with van der Waals surface area (Å²) in [6.45, 7) is 8.34. The van der Waals surface area contributed by atoms with E-state index < -0.39 is 0 Å². The van der Waals surface area contributed by atoms with Crippen LogP contribution >= 0.6 is 11.8 Å². The molecule has 0 aliphatic rings. The summed E-state index contributed by atoms with van der Waals surface area (Å²) in [6, 6.07) is 7.88. The highest BCUT2D eigenvalue weighted by Gasteiger charge is 2.11. The van der Waals surface area contributed by atoms with Gasteiger partial charge in [-0.05, 0) is 31.0 Å². The van der Waals surface area contributed by atoms with E-state index in [1.165, 1.54) is 17.3 Å². The molecule has 1 aromatic heterocycles. The SMILES string of the molecule is C=CCn1c(C)nnc1SCC(=O)Nc1cccc(CC)c1. The molecule has 0 aliphatic carbocycles. The maximum Gasteiger partial charge on any atom is 0.234 e. The zero-order chi connectivity index (χ0) is 15.9. The van der Waals surface area contributed by atoms with Crippen LogP contribution in [0.25, 0.3) is 0 Å². The van der Waals surface area contributed by atoms with Gasteiger partial charge in [0, 0.05) is 12.2 Å². The lowest BCUT2D eigenvalue weighted by Gasteiger charge is -2.07. The van der Waals surface area contributed by atoms with Crippen LogP contribution in [-0.2, 0) is 17.8 Å². The number of hydrogen-bond acceptors (Lipinski definition) is 4. The minimum atomic E-state index is -0.0518. The molecule has 0 atom stereocenters. The van der Waals surface area contributed by atoms with Gasteiger partial charge in [-0.1, -0.05) is 36.9 Å². The summed E-state index contributed by atoms with van der Waals surface area (Å²) >= 11 is 1.37. The number of nitrogens with one attached hydrogen (secondary N) is 1. The van der Waals surface area contributed by atoms with Gasteiger partial charge in [-0.3, -0.25) is 4.79 Å². The molecule has 2 aromatic rings. The second kappa shape index (κ2) is 7.79. The van der Waals surface area contributed by atoms with Crippen molar-refractivity contribution in [2.75, 3.05) is 11.1 Å². The van der Waals surface area contributed by atoms with Crippen molar-refractivity contribution in [3.63, 3.8) is 0 Å². The number of carbonyl (C=O) groups excluding carboxylic acids is 1. The third-order valence-electron chi connectivity index (χ3n) is 3.16. The van der Waals surface area contributed by atoms with Gasteiger partial charge in [-0.25, -0.2) is 0 Å². The van der Waals surface area contributed by atoms with Crippen LogP contribution in [0.5, 0.6) is 0 Å². The van der Waals surface area contributed by atoms with E-state index in [0.717, 1.165) is 23.1 Å². The van der Waals surface area contributed by atoms with Crippen LogP contribution in [-0.4, -0.2) is 26.4 Å². The van der Waals surface area contributed by atoms with Gasteiger partial charge in [0.15, 0.2) is 5.16 Å². The van der Waals surface area contributed by atoms with Crippen LogP contribution in [0.1, 0.15) is 18.3 Å². The Morgan fingerprint density at radius 2 is 2.27 bits per heavy atom. The largest absolute Gasteiger partial charge is 0.325 e. The average molecular weight is 316 g/mol. The van der Waals surface area contributed by atoms with Gasteiger partial charge in [-0.2, -0.15) is 0 Å². The molecule has 1 amide bonds. The van der Waals surface area contributed by atoms with Crippen molar-refractivity contribution in [2.45, 2.75) is 32.0 Å². The van der Waals surface area contributed by atoms with Crippen molar-refractivity contribution >= 4 is 23.4 Å². The minimum Gasteiger partial charge on any atom is -0.325 e. The standard InChI is InChI=1S/C16H20N4OS/c1-4-9-20-12(3)18-19-16(20)22-11-15(21)17-14-8-6-7-13(5-2)10-14/h4,6-8,10H,1,5,9,11H2,2-3H3,(H,17,21). The first-order valence-corrected chi connectivity index (χ1v) is 8.15. The van der Waals surface area contributed by atoms with Crippen LogP contribution in [0.4, 0.5) is 5.69 Å². The molecule has 0 saturated heterocycles. The molecule has 2 rings (SSSR count). The van der Waals surface area contributed by atoms with E-state index in [2.05, 4.69) is 29.0 Å². The van der Waals surface area contributed by atoms with E-state index >= 15 is 0 Å². The number of aromatic nitrogens is 3. The molecular weight excluding hydrogens is 296 g/mol. The topological polar surface area (TPSA) is 59.8 Å². The zero-order valence-corrected chi connectivity index (χ0v) is 13.7. The fourth-order valence-electron chi connectivity index (χ4n) is 2.00. The van der Waals surface area contributed by atoms with Gasteiger partial charge in [0.2, 0.25) is 5.91 Å². The molecule has 1 aromatic carbocycles. The van der Waals surface area contributed by atoms with Crippen LogP contribution < -0.4 is 5.32 Å². The van der Waals surface area contributed by atoms with Crippen LogP contribution in [0.15, 0.2) is 42.1 Å². The number of aryl methyl sites for hydroxylation is 2. The number of anilines is 1. The highest BCUT2D eigenvalue weighted by Crippen LogP contribution is 2.18. The molecule has 0 spiro atoms. The number of nitrogens with zero attached hydrogens (tertiary/aromatic N) is 3. The molecule has 1 N–H and O–H groups in total. The number of carbonyl (C=O) groups is 1. The fraction of sp³-hybridized carbons (Fsp3) is 0.312. The molecule has 116 valence electrons. The third kappa shape index (κ3) is 4.21. The molecule has 5 nitrogen and oxygen atoms in total. The van der Waals surface area contributed by atoms with Crippen molar-refractivity contribution in [3.05, 3.63) is 48.3 Å². The Kier molecular flexibility index (Phi) is 5.77. The van der Waals surface area contributed by atoms with E-state index in [1.807, 2.05) is 35.8 Å². The number of hydrogen-bond donors (Lipinski definition) is 1. The Morgan fingerprint density at radius 3 is 3.00 bits per heavy atom. The summed E-state index contributed by atoms with van der Waals surface area (Å²) in [4.78, 5) is 12.1. The Balaban J connectivity index is 1.94. The number of amides is 1. The van der Waals surface area contributed by atoms with Crippen molar-refractivity contribution in [1.29, 1.82) is 0 Å². The summed E-state index contributed by atoms with van der Waals surface area (Å²) in [5, 5.41) is 11.8. The predicted molar refractivity (Wildman–Crippen MR) is 90.1 cm³/mol. The van der Waals surface area contributed by atoms with Gasteiger partial charge in [0.1, 0.15) is 5.82 Å².